The SMILES string of the molecule is CCCNC(=O)[C@@H](CC)N(Cc1ccc(C)cc1)C(=O)CN(c1cccc(Cl)c1C)S(=O)(=O)c1ccccc1. The maximum absolute atomic E-state index is 14.1. The van der Waals surface area contributed by atoms with Crippen LogP contribution in [0, 0.1) is 13.8 Å². The molecule has 7 nitrogen and oxygen atoms in total. The molecule has 0 aromatic heterocycles. The molecule has 208 valence electrons. The lowest BCUT2D eigenvalue weighted by atomic mass is 10.1. The molecule has 39 heavy (non-hydrogen) atoms. The fourth-order valence-electron chi connectivity index (χ4n) is 4.27. The van der Waals surface area contributed by atoms with Gasteiger partial charge in [0.25, 0.3) is 10.0 Å². The standard InChI is InChI=1S/C30H36ClN3O4S/c1-5-19-32-30(36)27(6-2)33(20-24-17-15-22(3)16-18-24)29(35)21-34(28-14-10-13-26(31)23(28)4)39(37,38)25-11-8-7-9-12-25/h7-18,27H,5-6,19-21H2,1-4H3,(H,32,36)/t27-/m1/s1. The van der Waals surface area contributed by atoms with Crippen LogP contribution in [0.25, 0.3) is 0 Å². The van der Waals surface area contributed by atoms with Gasteiger partial charge in [-0.05, 0) is 62.1 Å². The largest absolute Gasteiger partial charge is 0.354 e. The maximum Gasteiger partial charge on any atom is 0.264 e. The maximum atomic E-state index is 14.1. The Bertz CT molecular complexity index is 1380. The van der Waals surface area contributed by atoms with E-state index in [2.05, 4.69) is 5.32 Å². The number of carbonyl (C=O) groups is 2. The zero-order valence-electron chi connectivity index (χ0n) is 22.9. The topological polar surface area (TPSA) is 86.8 Å². The quantitative estimate of drug-likeness (QED) is 0.313. The van der Waals surface area contributed by atoms with Crippen LogP contribution in [0.4, 0.5) is 5.69 Å². The summed E-state index contributed by atoms with van der Waals surface area (Å²) in [5, 5.41) is 3.27. The highest BCUT2D eigenvalue weighted by Crippen LogP contribution is 2.31. The van der Waals surface area contributed by atoms with Gasteiger partial charge < -0.3 is 10.2 Å². The van der Waals surface area contributed by atoms with Gasteiger partial charge in [-0.15, -0.1) is 0 Å². The molecule has 0 bridgehead atoms. The van der Waals surface area contributed by atoms with E-state index in [1.807, 2.05) is 45.0 Å². The van der Waals surface area contributed by atoms with Crippen molar-refractivity contribution in [3.05, 3.63) is 94.5 Å². The first-order valence-electron chi connectivity index (χ1n) is 13.1. The van der Waals surface area contributed by atoms with Crippen LogP contribution in [0.3, 0.4) is 0 Å². The van der Waals surface area contributed by atoms with Gasteiger partial charge in [0.1, 0.15) is 12.6 Å². The zero-order chi connectivity index (χ0) is 28.6. The molecule has 0 aliphatic heterocycles. The van der Waals surface area contributed by atoms with E-state index in [1.54, 1.807) is 43.3 Å². The summed E-state index contributed by atoms with van der Waals surface area (Å²) < 4.78 is 28.9. The Kier molecular flexibility index (Phi) is 10.5. The third-order valence-electron chi connectivity index (χ3n) is 6.53. The molecule has 0 unspecified atom stereocenters. The summed E-state index contributed by atoms with van der Waals surface area (Å²) >= 11 is 6.37. The highest BCUT2D eigenvalue weighted by Gasteiger charge is 2.34. The van der Waals surface area contributed by atoms with E-state index in [9.17, 15) is 18.0 Å². The number of hydrogen-bond donors (Lipinski definition) is 1. The molecule has 3 aromatic rings. The van der Waals surface area contributed by atoms with E-state index in [0.717, 1.165) is 21.9 Å². The number of rotatable bonds is 12. The minimum Gasteiger partial charge on any atom is -0.354 e. The lowest BCUT2D eigenvalue weighted by molar-refractivity contribution is -0.140. The number of hydrogen-bond acceptors (Lipinski definition) is 4. The van der Waals surface area contributed by atoms with Crippen molar-refractivity contribution in [2.24, 2.45) is 0 Å². The van der Waals surface area contributed by atoms with Crippen molar-refractivity contribution in [3.8, 4) is 0 Å². The molecule has 0 spiro atoms. The summed E-state index contributed by atoms with van der Waals surface area (Å²) in [5.41, 5.74) is 2.75. The molecule has 3 aromatic carbocycles. The molecule has 2 amide bonds. The first kappa shape index (κ1) is 30.2. The lowest BCUT2D eigenvalue weighted by Crippen LogP contribution is -2.52. The lowest BCUT2D eigenvalue weighted by Gasteiger charge is -2.33. The third kappa shape index (κ3) is 7.40. The monoisotopic (exact) mass is 569 g/mol. The predicted molar refractivity (Wildman–Crippen MR) is 156 cm³/mol. The van der Waals surface area contributed by atoms with Crippen molar-refractivity contribution in [1.82, 2.24) is 10.2 Å². The molecule has 0 saturated heterocycles. The molecular formula is C30H36ClN3O4S. The van der Waals surface area contributed by atoms with Crippen LogP contribution >= 0.6 is 11.6 Å². The smallest absolute Gasteiger partial charge is 0.264 e. The number of halogens is 1. The fraction of sp³-hybridized carbons (Fsp3) is 0.333. The number of sulfonamides is 1. The number of carbonyl (C=O) groups excluding carboxylic acids is 2. The summed E-state index contributed by atoms with van der Waals surface area (Å²) in [7, 11) is -4.14. The van der Waals surface area contributed by atoms with Crippen LogP contribution in [-0.2, 0) is 26.2 Å². The Morgan fingerprint density at radius 3 is 2.21 bits per heavy atom. The summed E-state index contributed by atoms with van der Waals surface area (Å²) in [4.78, 5) is 28.7. The minimum atomic E-state index is -4.14. The van der Waals surface area contributed by atoms with Crippen molar-refractivity contribution in [3.63, 3.8) is 0 Å². The van der Waals surface area contributed by atoms with Crippen molar-refractivity contribution >= 4 is 39.1 Å². The van der Waals surface area contributed by atoms with Gasteiger partial charge in [0.15, 0.2) is 0 Å². The average Bonchev–Trinajstić information content (AvgIpc) is 2.93. The van der Waals surface area contributed by atoms with Crippen LogP contribution in [0.15, 0.2) is 77.7 Å². The van der Waals surface area contributed by atoms with E-state index >= 15 is 0 Å². The molecular weight excluding hydrogens is 534 g/mol. The number of amides is 2. The number of anilines is 1. The Morgan fingerprint density at radius 1 is 0.923 bits per heavy atom. The summed E-state index contributed by atoms with van der Waals surface area (Å²) in [6, 6.07) is 19.9. The molecule has 0 fully saturated rings. The molecule has 1 N–H and O–H groups in total. The normalized spacial score (nSPS) is 12.0. The first-order chi connectivity index (χ1) is 18.6. The predicted octanol–water partition coefficient (Wildman–Crippen LogP) is 5.49. The van der Waals surface area contributed by atoms with Crippen LogP contribution < -0.4 is 9.62 Å². The van der Waals surface area contributed by atoms with E-state index in [4.69, 9.17) is 11.6 Å². The van der Waals surface area contributed by atoms with Crippen LogP contribution in [-0.4, -0.2) is 44.3 Å². The third-order valence-corrected chi connectivity index (χ3v) is 8.71. The number of benzene rings is 3. The Hall–Kier alpha value is -3.36. The Balaban J connectivity index is 2.08. The molecule has 0 aliphatic rings. The van der Waals surface area contributed by atoms with Crippen molar-refractivity contribution in [2.45, 2.75) is 58.0 Å². The second-order valence-electron chi connectivity index (χ2n) is 9.43. The van der Waals surface area contributed by atoms with Crippen LogP contribution in [0.5, 0.6) is 0 Å². The highest BCUT2D eigenvalue weighted by molar-refractivity contribution is 7.92. The van der Waals surface area contributed by atoms with E-state index in [0.29, 0.717) is 29.2 Å². The summed E-state index contributed by atoms with van der Waals surface area (Å²) in [6.45, 7) is 7.62. The fourth-order valence-corrected chi connectivity index (χ4v) is 5.94. The molecule has 3 rings (SSSR count). The van der Waals surface area contributed by atoms with Gasteiger partial charge in [-0.3, -0.25) is 13.9 Å². The van der Waals surface area contributed by atoms with Crippen molar-refractivity contribution in [2.75, 3.05) is 17.4 Å². The number of nitrogens with one attached hydrogen (secondary N) is 1. The van der Waals surface area contributed by atoms with E-state index in [1.165, 1.54) is 17.0 Å². The van der Waals surface area contributed by atoms with Crippen LogP contribution in [0.2, 0.25) is 5.02 Å². The van der Waals surface area contributed by atoms with Gasteiger partial charge in [0.05, 0.1) is 10.6 Å². The van der Waals surface area contributed by atoms with Gasteiger partial charge >= 0.3 is 0 Å². The molecule has 9 heteroatoms. The van der Waals surface area contributed by atoms with Gasteiger partial charge in [-0.25, -0.2) is 8.42 Å². The molecule has 0 heterocycles. The Morgan fingerprint density at radius 2 is 1.59 bits per heavy atom. The minimum absolute atomic E-state index is 0.0509. The van der Waals surface area contributed by atoms with E-state index < -0.39 is 28.5 Å². The number of nitrogens with zero attached hydrogens (tertiary/aromatic N) is 2. The summed E-state index contributed by atoms with van der Waals surface area (Å²) in [5.74, 6) is -0.760. The van der Waals surface area contributed by atoms with Crippen molar-refractivity contribution in [1.29, 1.82) is 0 Å². The molecule has 1 atom stereocenters. The molecule has 0 radical (unpaired) electrons. The highest BCUT2D eigenvalue weighted by atomic mass is 35.5. The molecule has 0 saturated carbocycles. The second kappa shape index (κ2) is 13.6. The van der Waals surface area contributed by atoms with Gasteiger partial charge in [-0.1, -0.05) is 79.5 Å². The Labute approximate surface area is 236 Å². The van der Waals surface area contributed by atoms with Gasteiger partial charge in [0, 0.05) is 18.1 Å². The molecule has 0 aliphatic carbocycles. The van der Waals surface area contributed by atoms with Gasteiger partial charge in [0.2, 0.25) is 11.8 Å². The first-order valence-corrected chi connectivity index (χ1v) is 14.9. The van der Waals surface area contributed by atoms with Crippen LogP contribution in [0.1, 0.15) is 43.4 Å². The number of aryl methyl sites for hydroxylation is 1. The van der Waals surface area contributed by atoms with E-state index in [-0.39, 0.29) is 17.3 Å². The van der Waals surface area contributed by atoms with Crippen molar-refractivity contribution < 1.29 is 18.0 Å². The summed E-state index contributed by atoms with van der Waals surface area (Å²) in [6.07, 6.45) is 1.13. The zero-order valence-corrected chi connectivity index (χ0v) is 24.4. The van der Waals surface area contributed by atoms with Gasteiger partial charge in [-0.2, -0.15) is 0 Å². The average molecular weight is 570 g/mol. The second-order valence-corrected chi connectivity index (χ2v) is 11.7.